The number of nitrogens with zero attached hydrogens (tertiary/aromatic N) is 3. The number of likely N-dealkylation sites (N-methyl/N-ethyl adjacent to an activating group) is 1. The van der Waals surface area contributed by atoms with E-state index >= 15 is 0 Å². The first-order chi connectivity index (χ1) is 5.57. The van der Waals surface area contributed by atoms with Crippen LogP contribution in [-0.2, 0) is 0 Å². The molecule has 0 aromatic carbocycles. The average molecular weight is 168 g/mol. The third-order valence-electron chi connectivity index (χ3n) is 1.34. The Hall–Kier alpha value is -1.50. The molecular weight excluding hydrogens is 154 g/mol. The molecule has 12 heavy (non-hydrogen) atoms. The smallest absolute Gasteiger partial charge is 0.409 e. The Labute approximate surface area is 72.4 Å². The van der Waals surface area contributed by atoms with Gasteiger partial charge in [-0.3, -0.25) is 0 Å². The lowest BCUT2D eigenvalue weighted by molar-refractivity contribution is 0.248. The highest BCUT2D eigenvalue weighted by molar-refractivity contribution is 5.00. The van der Waals surface area contributed by atoms with E-state index in [1.165, 1.54) is 5.57 Å². The molecule has 0 aromatic rings. The second kappa shape index (κ2) is 5.19. The lowest BCUT2D eigenvalue weighted by atomic mass is 10.3. The van der Waals surface area contributed by atoms with Crippen LogP contribution >= 0.6 is 0 Å². The van der Waals surface area contributed by atoms with E-state index in [0.29, 0.717) is 6.54 Å². The molecule has 4 heteroatoms. The van der Waals surface area contributed by atoms with Crippen molar-refractivity contribution in [3.8, 4) is 0 Å². The topological polar surface area (TPSA) is 51.6 Å². The first-order valence-electron chi connectivity index (χ1n) is 3.65. The van der Waals surface area contributed by atoms with Crippen molar-refractivity contribution >= 4 is 0 Å². The van der Waals surface area contributed by atoms with E-state index in [2.05, 4.69) is 4.98 Å². The molecule has 0 aliphatic heterocycles. The van der Waals surface area contributed by atoms with E-state index in [-0.39, 0.29) is 5.88 Å². The number of rotatable bonds is 3. The Morgan fingerprint density at radius 2 is 2.17 bits per heavy atom. The van der Waals surface area contributed by atoms with Gasteiger partial charge in [0, 0.05) is 13.6 Å². The Bertz CT molecular complexity index is 233. The second-order valence-corrected chi connectivity index (χ2v) is 2.76. The molecule has 0 radical (unpaired) electrons. The van der Waals surface area contributed by atoms with Crippen LogP contribution in [0, 0.1) is 5.39 Å². The van der Waals surface area contributed by atoms with E-state index < -0.39 is 0 Å². The van der Waals surface area contributed by atoms with Gasteiger partial charge in [-0.05, 0) is 13.8 Å². The molecule has 1 N–H and O–H groups in total. The number of diazo groups is 1. The van der Waals surface area contributed by atoms with Crippen molar-refractivity contribution in [2.45, 2.75) is 13.8 Å². The largest absolute Gasteiger partial charge is 0.489 e. The summed E-state index contributed by atoms with van der Waals surface area (Å²) in [6.07, 6.45) is 2.94. The van der Waals surface area contributed by atoms with Gasteiger partial charge in [0.05, 0.1) is 0 Å². The average Bonchev–Trinajstić information content (AvgIpc) is 2.00. The van der Waals surface area contributed by atoms with E-state index in [4.69, 9.17) is 10.5 Å². The highest BCUT2D eigenvalue weighted by Crippen LogP contribution is 1.98. The highest BCUT2D eigenvalue weighted by Gasteiger charge is 2.04. The van der Waals surface area contributed by atoms with Crippen molar-refractivity contribution < 1.29 is 5.11 Å². The molecule has 0 unspecified atom stereocenters. The van der Waals surface area contributed by atoms with E-state index in [9.17, 15) is 0 Å². The van der Waals surface area contributed by atoms with Crippen LogP contribution in [0.2, 0.25) is 0 Å². The standard InChI is InChI=1S/C8H13N3O/c1-7(2)4-5-11(3)8(12)6-10-9/h4,6H,5H2,1-3H3/p+1/b8-6-. The van der Waals surface area contributed by atoms with Crippen molar-refractivity contribution in [3.05, 3.63) is 28.7 Å². The molecule has 0 aromatic heterocycles. The van der Waals surface area contributed by atoms with Crippen LogP contribution in [0.1, 0.15) is 13.8 Å². The zero-order chi connectivity index (χ0) is 9.56. The van der Waals surface area contributed by atoms with E-state index in [1.807, 2.05) is 19.9 Å². The predicted octanol–water partition coefficient (Wildman–Crippen LogP) is 2.09. The molecule has 0 aliphatic carbocycles. The molecule has 0 fully saturated rings. The number of hydrogen-bond donors (Lipinski definition) is 1. The van der Waals surface area contributed by atoms with Crippen LogP contribution in [0.15, 0.2) is 23.7 Å². The third-order valence-corrected chi connectivity index (χ3v) is 1.34. The van der Waals surface area contributed by atoms with Gasteiger partial charge in [0.2, 0.25) is 5.39 Å². The molecule has 0 bridgehead atoms. The van der Waals surface area contributed by atoms with Crippen molar-refractivity contribution in [1.29, 1.82) is 5.39 Å². The van der Waals surface area contributed by atoms with Gasteiger partial charge in [-0.15, -0.1) is 0 Å². The van der Waals surface area contributed by atoms with Gasteiger partial charge in [-0.25, -0.2) is 0 Å². The van der Waals surface area contributed by atoms with Gasteiger partial charge in [-0.2, -0.15) is 0 Å². The minimum absolute atomic E-state index is 0.0602. The summed E-state index contributed by atoms with van der Waals surface area (Å²) in [5, 5.41) is 17.2. The highest BCUT2D eigenvalue weighted by atomic mass is 16.3. The molecule has 0 amide bonds. The maximum atomic E-state index is 9.13. The van der Waals surface area contributed by atoms with Crippen LogP contribution in [0.25, 0.3) is 4.98 Å². The minimum atomic E-state index is -0.0602. The lowest BCUT2D eigenvalue weighted by Gasteiger charge is -2.11. The summed E-state index contributed by atoms with van der Waals surface area (Å²) < 4.78 is 0. The van der Waals surface area contributed by atoms with E-state index in [1.54, 1.807) is 11.9 Å². The van der Waals surface area contributed by atoms with Gasteiger partial charge in [-0.1, -0.05) is 11.6 Å². The number of hydrogen-bond acceptors (Lipinski definition) is 3. The Morgan fingerprint density at radius 3 is 2.58 bits per heavy atom. The molecule has 0 aliphatic rings. The van der Waals surface area contributed by atoms with Crippen molar-refractivity contribution in [1.82, 2.24) is 4.90 Å². The molecular formula is C8H14N3O+. The summed E-state index contributed by atoms with van der Waals surface area (Å²) in [6.45, 7) is 4.55. The molecule has 0 atom stereocenters. The second-order valence-electron chi connectivity index (χ2n) is 2.76. The number of allylic oxidation sites excluding steroid dienone is 1. The fourth-order valence-electron chi connectivity index (χ4n) is 0.563. The van der Waals surface area contributed by atoms with E-state index in [0.717, 1.165) is 6.20 Å². The van der Waals surface area contributed by atoms with Gasteiger partial charge >= 0.3 is 6.20 Å². The summed E-state index contributed by atoms with van der Waals surface area (Å²) in [6, 6.07) is 0. The molecule has 0 saturated heterocycles. The first-order valence-corrected chi connectivity index (χ1v) is 3.65. The molecule has 0 heterocycles. The zero-order valence-electron chi connectivity index (χ0n) is 7.65. The molecule has 66 valence electrons. The summed E-state index contributed by atoms with van der Waals surface area (Å²) in [5.74, 6) is -0.0602. The van der Waals surface area contributed by atoms with Crippen molar-refractivity contribution in [2.75, 3.05) is 13.6 Å². The molecule has 0 rings (SSSR count). The Balaban J connectivity index is 4.07. The zero-order valence-corrected chi connectivity index (χ0v) is 7.65. The fourth-order valence-corrected chi connectivity index (χ4v) is 0.563. The van der Waals surface area contributed by atoms with Crippen LogP contribution in [0.4, 0.5) is 0 Å². The van der Waals surface area contributed by atoms with Gasteiger partial charge in [0.1, 0.15) is 0 Å². The summed E-state index contributed by atoms with van der Waals surface area (Å²) in [5.41, 5.74) is 1.18. The minimum Gasteiger partial charge on any atom is -0.489 e. The van der Waals surface area contributed by atoms with Crippen LogP contribution in [0.3, 0.4) is 0 Å². The quantitative estimate of drug-likeness (QED) is 0.399. The Morgan fingerprint density at radius 1 is 1.58 bits per heavy atom. The third kappa shape index (κ3) is 4.34. The fraction of sp³-hybridized carbons (Fsp3) is 0.500. The monoisotopic (exact) mass is 168 g/mol. The summed E-state index contributed by atoms with van der Waals surface area (Å²) in [4.78, 5) is 4.27. The lowest BCUT2D eigenvalue weighted by Crippen LogP contribution is -2.17. The van der Waals surface area contributed by atoms with Crippen molar-refractivity contribution in [2.24, 2.45) is 0 Å². The summed E-state index contributed by atoms with van der Waals surface area (Å²) in [7, 11) is 1.70. The number of aliphatic hydroxyl groups excluding tert-OH is 1. The number of aliphatic hydroxyl groups is 1. The molecule has 4 nitrogen and oxygen atoms in total. The van der Waals surface area contributed by atoms with Crippen molar-refractivity contribution in [3.63, 3.8) is 0 Å². The van der Waals surface area contributed by atoms with Gasteiger partial charge in [0.25, 0.3) is 5.88 Å². The SMILES string of the molecule is CC(C)=CCN(C)/C(O)=C/[N+]#N. The molecule has 0 saturated carbocycles. The Kier molecular flexibility index (Phi) is 4.54. The predicted molar refractivity (Wildman–Crippen MR) is 47.9 cm³/mol. The van der Waals surface area contributed by atoms with Crippen LogP contribution < -0.4 is 0 Å². The molecule has 0 spiro atoms. The van der Waals surface area contributed by atoms with Gasteiger partial charge in [0.15, 0.2) is 4.98 Å². The maximum absolute atomic E-state index is 9.13. The van der Waals surface area contributed by atoms with Crippen LogP contribution in [-0.4, -0.2) is 23.6 Å². The summed E-state index contributed by atoms with van der Waals surface area (Å²) >= 11 is 0. The normalized spacial score (nSPS) is 10.3. The maximum Gasteiger partial charge on any atom is 0.409 e. The van der Waals surface area contributed by atoms with Crippen LogP contribution in [0.5, 0.6) is 0 Å². The first kappa shape index (κ1) is 10.5. The van der Waals surface area contributed by atoms with Gasteiger partial charge < -0.3 is 10.0 Å².